The minimum absolute atomic E-state index is 0.691. The molecule has 0 fully saturated rings. The maximum Gasteiger partial charge on any atom is 0.235 e. The topological polar surface area (TPSA) is 55.5 Å². The molecule has 0 unspecified atom stereocenters. The second-order valence-electron chi connectivity index (χ2n) is 4.17. The van der Waals surface area contributed by atoms with Crippen molar-refractivity contribution in [3.05, 3.63) is 47.3 Å². The van der Waals surface area contributed by atoms with Crippen LogP contribution in [0.3, 0.4) is 0 Å². The number of fused-ring (bicyclic) bond motifs is 1. The number of aromatic amines is 1. The maximum atomic E-state index is 8.78. The van der Waals surface area contributed by atoms with Crippen LogP contribution in [0, 0.1) is 11.3 Å². The van der Waals surface area contributed by atoms with E-state index in [2.05, 4.69) is 21.2 Å². The summed E-state index contributed by atoms with van der Waals surface area (Å²) >= 11 is 0. The highest BCUT2D eigenvalue weighted by molar-refractivity contribution is 5.35. The highest BCUT2D eigenvalue weighted by atomic mass is 15.3. The number of H-pyrrole nitrogens is 1. The molecule has 1 aromatic heterocycles. The van der Waals surface area contributed by atoms with Crippen LogP contribution in [0.2, 0.25) is 0 Å². The van der Waals surface area contributed by atoms with Gasteiger partial charge in [0.15, 0.2) is 0 Å². The average molecular weight is 225 g/mol. The Morgan fingerprint density at radius 2 is 2.06 bits per heavy atom. The third-order valence-electron chi connectivity index (χ3n) is 3.12. The molecular formula is C13H13N4+. The van der Waals surface area contributed by atoms with Gasteiger partial charge in [-0.1, -0.05) is 4.68 Å². The lowest BCUT2D eigenvalue weighted by atomic mass is 10.1. The first-order chi connectivity index (χ1) is 8.38. The Morgan fingerprint density at radius 3 is 2.82 bits per heavy atom. The van der Waals surface area contributed by atoms with Crippen molar-refractivity contribution in [3.63, 3.8) is 0 Å². The van der Waals surface area contributed by atoms with E-state index in [9.17, 15) is 0 Å². The summed E-state index contributed by atoms with van der Waals surface area (Å²) in [5.41, 5.74) is 4.41. The molecule has 0 bridgehead atoms. The lowest BCUT2D eigenvalue weighted by Gasteiger charge is -2.08. The van der Waals surface area contributed by atoms with Crippen LogP contribution in [-0.4, -0.2) is 11.6 Å². The fraction of sp³-hybridized carbons (Fsp3) is 0.231. The number of hydrogen-bond acceptors (Lipinski definition) is 2. The summed E-state index contributed by atoms with van der Waals surface area (Å²) in [6.45, 7) is 1.94. The Kier molecular flexibility index (Phi) is 2.39. The SMILES string of the molecule is N#Cc1ccc(-[n+]2[nH]cc3c2CCNC3)cc1. The van der Waals surface area contributed by atoms with Crippen LogP contribution in [0.15, 0.2) is 30.5 Å². The Morgan fingerprint density at radius 1 is 1.24 bits per heavy atom. The molecule has 0 saturated carbocycles. The Balaban J connectivity index is 2.03. The van der Waals surface area contributed by atoms with Gasteiger partial charge in [-0.3, -0.25) is 0 Å². The van der Waals surface area contributed by atoms with E-state index in [-0.39, 0.29) is 0 Å². The second kappa shape index (κ2) is 4.04. The van der Waals surface area contributed by atoms with E-state index in [1.165, 1.54) is 11.3 Å². The molecule has 1 aliphatic rings. The van der Waals surface area contributed by atoms with Gasteiger partial charge in [-0.25, -0.2) is 0 Å². The van der Waals surface area contributed by atoms with Crippen LogP contribution in [0.1, 0.15) is 16.8 Å². The minimum atomic E-state index is 0.691. The standard InChI is InChI=1S/C13H12N4/c14-7-10-1-3-12(4-2-10)17-13-5-6-15-8-11(13)9-16-17/h1-4,9,15H,5-6,8H2/p+1. The van der Waals surface area contributed by atoms with Gasteiger partial charge in [-0.05, 0) is 12.1 Å². The van der Waals surface area contributed by atoms with Crippen molar-refractivity contribution in [2.45, 2.75) is 13.0 Å². The lowest BCUT2D eigenvalue weighted by molar-refractivity contribution is -0.663. The number of rotatable bonds is 1. The van der Waals surface area contributed by atoms with Gasteiger partial charge in [0.2, 0.25) is 11.4 Å². The molecule has 0 amide bonds. The van der Waals surface area contributed by atoms with Crippen LogP contribution in [0.4, 0.5) is 0 Å². The van der Waals surface area contributed by atoms with E-state index in [1.807, 2.05) is 30.5 Å². The highest BCUT2D eigenvalue weighted by Gasteiger charge is 2.23. The zero-order valence-electron chi connectivity index (χ0n) is 9.40. The molecule has 3 rings (SSSR count). The van der Waals surface area contributed by atoms with Crippen LogP contribution in [-0.2, 0) is 13.0 Å². The van der Waals surface area contributed by atoms with Crippen molar-refractivity contribution in [1.29, 1.82) is 5.26 Å². The van der Waals surface area contributed by atoms with Crippen molar-refractivity contribution >= 4 is 0 Å². The molecule has 0 spiro atoms. The van der Waals surface area contributed by atoms with Gasteiger partial charge >= 0.3 is 0 Å². The van der Waals surface area contributed by atoms with Gasteiger partial charge in [0.05, 0.1) is 23.4 Å². The Labute approximate surface area is 99.5 Å². The third kappa shape index (κ3) is 1.71. The predicted octanol–water partition coefficient (Wildman–Crippen LogP) is 0.809. The van der Waals surface area contributed by atoms with Gasteiger partial charge < -0.3 is 5.32 Å². The van der Waals surface area contributed by atoms with Crippen molar-refractivity contribution in [2.24, 2.45) is 0 Å². The van der Waals surface area contributed by atoms with Crippen LogP contribution < -0.4 is 10.00 Å². The molecule has 17 heavy (non-hydrogen) atoms. The highest BCUT2D eigenvalue weighted by Crippen LogP contribution is 2.11. The maximum absolute atomic E-state index is 8.78. The molecule has 4 nitrogen and oxygen atoms in total. The summed E-state index contributed by atoms with van der Waals surface area (Å²) in [5.74, 6) is 0. The van der Waals surface area contributed by atoms with Gasteiger partial charge in [-0.2, -0.15) is 10.4 Å². The zero-order valence-corrected chi connectivity index (χ0v) is 9.40. The van der Waals surface area contributed by atoms with Crippen molar-refractivity contribution in [3.8, 4) is 11.8 Å². The molecule has 0 aliphatic carbocycles. The quantitative estimate of drug-likeness (QED) is 0.706. The van der Waals surface area contributed by atoms with Crippen molar-refractivity contribution in [1.82, 2.24) is 10.4 Å². The number of aromatic nitrogens is 2. The van der Waals surface area contributed by atoms with E-state index < -0.39 is 0 Å². The first-order valence-electron chi connectivity index (χ1n) is 5.71. The molecule has 4 heteroatoms. The lowest BCUT2D eigenvalue weighted by Crippen LogP contribution is -2.40. The summed E-state index contributed by atoms with van der Waals surface area (Å²) in [5, 5.41) is 15.4. The second-order valence-corrected chi connectivity index (χ2v) is 4.17. The van der Waals surface area contributed by atoms with E-state index in [1.54, 1.807) is 0 Å². The molecule has 2 aromatic rings. The fourth-order valence-electron chi connectivity index (χ4n) is 2.22. The summed E-state index contributed by atoms with van der Waals surface area (Å²) in [6.07, 6.45) is 3.07. The average Bonchev–Trinajstić information content (AvgIpc) is 2.83. The molecule has 2 N–H and O–H groups in total. The number of nitriles is 1. The summed E-state index contributed by atoms with van der Waals surface area (Å²) < 4.78 is 2.09. The number of benzene rings is 1. The van der Waals surface area contributed by atoms with Crippen LogP contribution in [0.5, 0.6) is 0 Å². The Bertz CT molecular complexity index is 574. The van der Waals surface area contributed by atoms with Crippen LogP contribution >= 0.6 is 0 Å². The fourth-order valence-corrected chi connectivity index (χ4v) is 2.22. The van der Waals surface area contributed by atoms with E-state index in [0.717, 1.165) is 25.2 Å². The van der Waals surface area contributed by atoms with Crippen molar-refractivity contribution in [2.75, 3.05) is 6.54 Å². The van der Waals surface area contributed by atoms with E-state index in [0.29, 0.717) is 5.56 Å². The number of hydrogen-bond donors (Lipinski definition) is 2. The van der Waals surface area contributed by atoms with Crippen molar-refractivity contribution < 1.29 is 4.68 Å². The minimum Gasteiger partial charge on any atom is -0.312 e. The predicted molar refractivity (Wildman–Crippen MR) is 62.5 cm³/mol. The van der Waals surface area contributed by atoms with E-state index in [4.69, 9.17) is 5.26 Å². The largest absolute Gasteiger partial charge is 0.312 e. The summed E-state index contributed by atoms with van der Waals surface area (Å²) in [4.78, 5) is 0. The molecule has 2 heterocycles. The van der Waals surface area contributed by atoms with Gasteiger partial charge in [0.1, 0.15) is 0 Å². The number of nitrogens with zero attached hydrogens (tertiary/aromatic N) is 2. The molecule has 0 atom stereocenters. The van der Waals surface area contributed by atoms with Crippen LogP contribution in [0.25, 0.3) is 5.69 Å². The zero-order chi connectivity index (χ0) is 11.7. The first-order valence-corrected chi connectivity index (χ1v) is 5.71. The molecule has 84 valence electrons. The molecule has 1 aliphatic heterocycles. The van der Waals surface area contributed by atoms with Gasteiger partial charge in [0, 0.05) is 31.6 Å². The normalized spacial score (nSPS) is 14.1. The molecule has 0 radical (unpaired) electrons. The Hall–Kier alpha value is -2.12. The van der Waals surface area contributed by atoms with E-state index >= 15 is 0 Å². The van der Waals surface area contributed by atoms with Gasteiger partial charge in [-0.15, -0.1) is 0 Å². The summed E-state index contributed by atoms with van der Waals surface area (Å²) in [6, 6.07) is 9.76. The first kappa shape index (κ1) is 10.1. The molecular weight excluding hydrogens is 212 g/mol. The smallest absolute Gasteiger partial charge is 0.235 e. The number of nitrogens with one attached hydrogen (secondary N) is 2. The third-order valence-corrected chi connectivity index (χ3v) is 3.12. The van der Waals surface area contributed by atoms with Gasteiger partial charge in [0.25, 0.3) is 0 Å². The summed E-state index contributed by atoms with van der Waals surface area (Å²) in [7, 11) is 0. The molecule has 1 aromatic carbocycles. The monoisotopic (exact) mass is 225 g/mol. The molecule has 0 saturated heterocycles.